The second-order valence-electron chi connectivity index (χ2n) is 5.97. The van der Waals surface area contributed by atoms with Crippen LogP contribution < -0.4 is 5.73 Å². The largest absolute Gasteiger partial charge is 0.374 e. The van der Waals surface area contributed by atoms with Crippen molar-refractivity contribution in [2.75, 3.05) is 59.0 Å². The maximum absolute atomic E-state index is 11.5. The maximum atomic E-state index is 11.5. The van der Waals surface area contributed by atoms with Gasteiger partial charge in [0.15, 0.2) is 0 Å². The Balaban J connectivity index is 0. The lowest BCUT2D eigenvalue weighted by Gasteiger charge is -2.40. The molecule has 2 N–H and O–H groups in total. The summed E-state index contributed by atoms with van der Waals surface area (Å²) in [6.45, 7) is 11.9. The average molecular weight is 394 g/mol. The maximum Gasteiger partial charge on any atom is 0.236 e. The quantitative estimate of drug-likeness (QED) is 0.752. The van der Waals surface area contributed by atoms with Crippen molar-refractivity contribution < 1.29 is 9.53 Å². The van der Waals surface area contributed by atoms with Gasteiger partial charge in [-0.2, -0.15) is 0 Å². The fourth-order valence-corrected chi connectivity index (χ4v) is 2.92. The number of hydrogen-bond donors (Lipinski definition) is 1. The minimum Gasteiger partial charge on any atom is -0.374 e. The molecule has 2 aliphatic heterocycles. The third kappa shape index (κ3) is 7.73. The number of morpholine rings is 1. The molecule has 0 aromatic carbocycles. The molecule has 9 heteroatoms. The molecule has 1 atom stereocenters. The van der Waals surface area contributed by atoms with Gasteiger partial charge >= 0.3 is 0 Å². The van der Waals surface area contributed by atoms with E-state index in [0.29, 0.717) is 12.1 Å². The highest BCUT2D eigenvalue weighted by Crippen LogP contribution is 2.11. The van der Waals surface area contributed by atoms with E-state index in [4.69, 9.17) is 10.5 Å². The summed E-state index contributed by atoms with van der Waals surface area (Å²) in [5.74, 6) is 0.0598. The van der Waals surface area contributed by atoms with Crippen LogP contribution in [0.25, 0.3) is 0 Å². The molecule has 0 radical (unpaired) electrons. The Kier molecular flexibility index (Phi) is 13.8. The summed E-state index contributed by atoms with van der Waals surface area (Å²) < 4.78 is 5.87. The van der Waals surface area contributed by atoms with Crippen molar-refractivity contribution in [3.8, 4) is 0 Å². The van der Waals surface area contributed by atoms with Crippen LogP contribution in [0.15, 0.2) is 0 Å². The highest BCUT2D eigenvalue weighted by atomic mass is 35.5. The number of rotatable bonds is 4. The summed E-state index contributed by atoms with van der Waals surface area (Å²) in [6, 6.07) is 0.584. The minimum absolute atomic E-state index is 0. The molecule has 0 bridgehead atoms. The van der Waals surface area contributed by atoms with Crippen LogP contribution in [0.4, 0.5) is 0 Å². The van der Waals surface area contributed by atoms with E-state index in [2.05, 4.69) is 23.6 Å². The molecule has 0 aliphatic carbocycles. The smallest absolute Gasteiger partial charge is 0.236 e. The van der Waals surface area contributed by atoms with E-state index in [0.717, 1.165) is 52.4 Å². The van der Waals surface area contributed by atoms with Gasteiger partial charge in [-0.15, -0.1) is 37.2 Å². The molecule has 1 unspecified atom stereocenters. The molecule has 2 heterocycles. The molecule has 0 aromatic rings. The first-order valence-electron chi connectivity index (χ1n) is 7.66. The average Bonchev–Trinajstić information content (AvgIpc) is 2.47. The Morgan fingerprint density at radius 3 is 2.26 bits per heavy atom. The molecule has 0 spiro atoms. The first-order chi connectivity index (χ1) is 9.60. The van der Waals surface area contributed by atoms with Crippen LogP contribution in [0.2, 0.25) is 0 Å². The Morgan fingerprint density at radius 1 is 1.13 bits per heavy atom. The molecule has 2 fully saturated rings. The third-order valence-electron chi connectivity index (χ3n) is 4.26. The fourth-order valence-electron chi connectivity index (χ4n) is 2.92. The molecule has 2 aliphatic rings. The van der Waals surface area contributed by atoms with Gasteiger partial charge in [-0.05, 0) is 13.8 Å². The van der Waals surface area contributed by atoms with Crippen LogP contribution >= 0.6 is 37.2 Å². The summed E-state index contributed by atoms with van der Waals surface area (Å²) in [7, 11) is 0. The SMILES string of the molecule is CC(C)N1CCOC(CN2CCN(C(=O)CN)CC2)C1.Cl.Cl.Cl. The van der Waals surface area contributed by atoms with Crippen LogP contribution in [-0.2, 0) is 9.53 Å². The highest BCUT2D eigenvalue weighted by Gasteiger charge is 2.26. The topological polar surface area (TPSA) is 62.0 Å². The van der Waals surface area contributed by atoms with Gasteiger partial charge in [-0.1, -0.05) is 0 Å². The number of carbonyl (C=O) groups excluding carboxylic acids is 1. The van der Waals surface area contributed by atoms with Crippen molar-refractivity contribution in [2.45, 2.75) is 26.0 Å². The standard InChI is InChI=1S/C14H28N4O2.3ClH/c1-12(2)18-7-8-20-13(11-18)10-16-3-5-17(6-4-16)14(19)9-15;;;/h12-13H,3-11,15H2,1-2H3;3*1H. The third-order valence-corrected chi connectivity index (χ3v) is 4.26. The van der Waals surface area contributed by atoms with Gasteiger partial charge < -0.3 is 15.4 Å². The number of hydrogen-bond acceptors (Lipinski definition) is 5. The molecule has 6 nitrogen and oxygen atoms in total. The number of nitrogens with zero attached hydrogens (tertiary/aromatic N) is 3. The van der Waals surface area contributed by atoms with Gasteiger partial charge in [0.05, 0.1) is 19.3 Å². The molecule has 0 aromatic heterocycles. The second kappa shape index (κ2) is 12.5. The van der Waals surface area contributed by atoms with Gasteiger partial charge in [-0.25, -0.2) is 0 Å². The number of nitrogens with two attached hydrogens (primary N) is 1. The predicted molar refractivity (Wildman–Crippen MR) is 100 cm³/mol. The van der Waals surface area contributed by atoms with E-state index in [1.807, 2.05) is 4.90 Å². The zero-order valence-corrected chi connectivity index (χ0v) is 16.4. The summed E-state index contributed by atoms with van der Waals surface area (Å²) in [5.41, 5.74) is 5.40. The summed E-state index contributed by atoms with van der Waals surface area (Å²) >= 11 is 0. The van der Waals surface area contributed by atoms with Gasteiger partial charge in [-0.3, -0.25) is 14.6 Å². The molecule has 140 valence electrons. The number of ether oxygens (including phenoxy) is 1. The van der Waals surface area contributed by atoms with E-state index < -0.39 is 0 Å². The number of carbonyl (C=O) groups is 1. The molecule has 2 saturated heterocycles. The van der Waals surface area contributed by atoms with Crippen LogP contribution in [0, 0.1) is 0 Å². The van der Waals surface area contributed by atoms with Crippen LogP contribution in [-0.4, -0.2) is 91.7 Å². The second-order valence-corrected chi connectivity index (χ2v) is 5.97. The normalized spacial score (nSPS) is 22.8. The van der Waals surface area contributed by atoms with Gasteiger partial charge in [0.1, 0.15) is 0 Å². The number of halogens is 3. The Bertz CT molecular complexity index is 329. The summed E-state index contributed by atoms with van der Waals surface area (Å²) in [5, 5.41) is 0. The van der Waals surface area contributed by atoms with Crippen molar-refractivity contribution in [2.24, 2.45) is 5.73 Å². The first kappa shape index (κ1) is 25.4. The molecule has 1 amide bonds. The fraction of sp³-hybridized carbons (Fsp3) is 0.929. The number of piperazine rings is 1. The van der Waals surface area contributed by atoms with Crippen LogP contribution in [0.5, 0.6) is 0 Å². The Labute approximate surface area is 158 Å². The van der Waals surface area contributed by atoms with E-state index in [-0.39, 0.29) is 49.7 Å². The summed E-state index contributed by atoms with van der Waals surface area (Å²) in [6.07, 6.45) is 0.294. The van der Waals surface area contributed by atoms with Crippen LogP contribution in [0.3, 0.4) is 0 Å². The zero-order chi connectivity index (χ0) is 14.5. The van der Waals surface area contributed by atoms with E-state index >= 15 is 0 Å². The monoisotopic (exact) mass is 392 g/mol. The lowest BCUT2D eigenvalue weighted by molar-refractivity contribution is -0.131. The van der Waals surface area contributed by atoms with Crippen molar-refractivity contribution in [3.63, 3.8) is 0 Å². The zero-order valence-electron chi connectivity index (χ0n) is 14.0. The number of amides is 1. The molecule has 23 heavy (non-hydrogen) atoms. The lowest BCUT2D eigenvalue weighted by Crippen LogP contribution is -2.54. The van der Waals surface area contributed by atoms with Gasteiger partial charge in [0.2, 0.25) is 5.91 Å². The first-order valence-corrected chi connectivity index (χ1v) is 7.66. The van der Waals surface area contributed by atoms with Crippen molar-refractivity contribution in [1.82, 2.24) is 14.7 Å². The van der Waals surface area contributed by atoms with Crippen molar-refractivity contribution in [3.05, 3.63) is 0 Å². The minimum atomic E-state index is 0. The predicted octanol–water partition coefficient (Wildman–Crippen LogP) is 0.464. The van der Waals surface area contributed by atoms with Crippen molar-refractivity contribution >= 4 is 43.1 Å². The van der Waals surface area contributed by atoms with Gasteiger partial charge in [0, 0.05) is 51.9 Å². The molecular weight excluding hydrogens is 363 g/mol. The highest BCUT2D eigenvalue weighted by molar-refractivity contribution is 5.86. The van der Waals surface area contributed by atoms with E-state index in [9.17, 15) is 4.79 Å². The van der Waals surface area contributed by atoms with E-state index in [1.165, 1.54) is 0 Å². The van der Waals surface area contributed by atoms with Crippen molar-refractivity contribution in [1.29, 1.82) is 0 Å². The lowest BCUT2D eigenvalue weighted by atomic mass is 10.2. The Hall–Kier alpha value is 0.180. The van der Waals surface area contributed by atoms with E-state index in [1.54, 1.807) is 0 Å². The van der Waals surface area contributed by atoms with Gasteiger partial charge in [0.25, 0.3) is 0 Å². The molecular formula is C14H31Cl3N4O2. The molecule has 2 rings (SSSR count). The molecule has 0 saturated carbocycles. The summed E-state index contributed by atoms with van der Waals surface area (Å²) in [4.78, 5) is 18.3. The Morgan fingerprint density at radius 2 is 1.74 bits per heavy atom. The van der Waals surface area contributed by atoms with Crippen LogP contribution in [0.1, 0.15) is 13.8 Å².